The number of hydrogen-bond donors (Lipinski definition) is 2. The Balaban J connectivity index is 0.000000505. The average Bonchev–Trinajstić information content (AvgIpc) is 3.23. The number of carbonyl (C=O) groups is 2. The summed E-state index contributed by atoms with van der Waals surface area (Å²) in [5.74, 6) is -2.91. The molecule has 2 N–H and O–H groups in total. The summed E-state index contributed by atoms with van der Waals surface area (Å²) in [4.78, 5) is 26.0. The molecule has 0 aliphatic heterocycles. The van der Waals surface area contributed by atoms with Crippen molar-refractivity contribution >= 4 is 22.9 Å². The molecule has 3 aromatic rings. The van der Waals surface area contributed by atoms with Gasteiger partial charge in [-0.1, -0.05) is 31.4 Å². The average molecular weight is 542 g/mol. The van der Waals surface area contributed by atoms with Crippen molar-refractivity contribution in [1.82, 2.24) is 14.9 Å². The fourth-order valence-electron chi connectivity index (χ4n) is 4.21. The number of halogens is 5. The quantitative estimate of drug-likeness (QED) is 0.380. The van der Waals surface area contributed by atoms with Gasteiger partial charge < -0.3 is 19.7 Å². The van der Waals surface area contributed by atoms with E-state index in [0.29, 0.717) is 19.5 Å². The summed E-state index contributed by atoms with van der Waals surface area (Å²) in [5, 5.41) is 10.2. The van der Waals surface area contributed by atoms with Crippen LogP contribution in [0.3, 0.4) is 0 Å². The van der Waals surface area contributed by atoms with Gasteiger partial charge in [-0.05, 0) is 37.1 Å². The highest BCUT2D eigenvalue weighted by atomic mass is 19.4. The monoisotopic (exact) mass is 541 g/mol. The van der Waals surface area contributed by atoms with Crippen molar-refractivity contribution in [2.45, 2.75) is 51.2 Å². The maximum atomic E-state index is 13.8. The van der Waals surface area contributed by atoms with Crippen LogP contribution in [0.1, 0.15) is 37.9 Å². The molecule has 38 heavy (non-hydrogen) atoms. The number of aliphatic carboxylic acids is 1. The minimum absolute atomic E-state index is 0.106. The molecule has 0 radical (unpaired) electrons. The number of benzene rings is 2. The van der Waals surface area contributed by atoms with Crippen molar-refractivity contribution in [2.24, 2.45) is 5.92 Å². The van der Waals surface area contributed by atoms with Gasteiger partial charge in [0.05, 0.1) is 17.6 Å². The molecular formula is C26H28F5N3O4. The zero-order chi connectivity index (χ0) is 27.7. The van der Waals surface area contributed by atoms with Crippen LogP contribution in [0.4, 0.5) is 22.0 Å². The minimum atomic E-state index is -5.08. The number of hydrogen-bond acceptors (Lipinski definition) is 4. The van der Waals surface area contributed by atoms with Crippen LogP contribution in [-0.2, 0) is 22.6 Å². The lowest BCUT2D eigenvalue weighted by atomic mass is 9.89. The molecule has 1 aliphatic rings. The van der Waals surface area contributed by atoms with Gasteiger partial charge in [0, 0.05) is 24.9 Å². The number of carboxylic acid groups (broad SMARTS) is 1. The molecule has 0 atom stereocenters. The van der Waals surface area contributed by atoms with Crippen LogP contribution in [0.5, 0.6) is 5.75 Å². The lowest BCUT2D eigenvalue weighted by Gasteiger charge is -2.20. The van der Waals surface area contributed by atoms with Gasteiger partial charge in [0.15, 0.2) is 11.6 Å². The minimum Gasteiger partial charge on any atom is -0.489 e. The number of alkyl halides is 3. The molecule has 1 amide bonds. The number of carbonyl (C=O) groups excluding carboxylic acids is 1. The SMILES string of the molecule is O=C(NCCc1nc2ccccc2n1CCOc1cc(F)ccc1F)C1CCCCC1.O=C(O)C(F)(F)F. The maximum Gasteiger partial charge on any atom is 0.490 e. The topological polar surface area (TPSA) is 93.5 Å². The molecule has 0 saturated heterocycles. The molecular weight excluding hydrogens is 513 g/mol. The Morgan fingerprint density at radius 1 is 1.08 bits per heavy atom. The largest absolute Gasteiger partial charge is 0.490 e. The highest BCUT2D eigenvalue weighted by molar-refractivity contribution is 5.79. The molecule has 1 heterocycles. The zero-order valence-corrected chi connectivity index (χ0v) is 20.4. The molecule has 1 saturated carbocycles. The normalized spacial score (nSPS) is 14.0. The third-order valence-corrected chi connectivity index (χ3v) is 6.07. The molecule has 12 heteroatoms. The molecule has 1 aliphatic carbocycles. The Kier molecular flexibility index (Phi) is 10.0. The van der Waals surface area contributed by atoms with E-state index in [2.05, 4.69) is 5.32 Å². The second-order valence-corrected chi connectivity index (χ2v) is 8.77. The van der Waals surface area contributed by atoms with E-state index in [9.17, 15) is 26.7 Å². The van der Waals surface area contributed by atoms with Crippen LogP contribution in [0, 0.1) is 17.6 Å². The summed E-state index contributed by atoms with van der Waals surface area (Å²) in [6.45, 7) is 1.11. The van der Waals surface area contributed by atoms with Crippen LogP contribution >= 0.6 is 0 Å². The Labute approximate surface area is 215 Å². The van der Waals surface area contributed by atoms with Crippen molar-refractivity contribution in [3.8, 4) is 5.75 Å². The smallest absolute Gasteiger partial charge is 0.489 e. The van der Waals surface area contributed by atoms with Gasteiger partial charge in [0.1, 0.15) is 18.2 Å². The number of nitrogens with zero attached hydrogens (tertiary/aromatic N) is 2. The Bertz CT molecular complexity index is 1240. The van der Waals surface area contributed by atoms with Gasteiger partial charge in [0.25, 0.3) is 0 Å². The zero-order valence-electron chi connectivity index (χ0n) is 20.4. The van der Waals surface area contributed by atoms with E-state index in [4.69, 9.17) is 19.6 Å². The second-order valence-electron chi connectivity index (χ2n) is 8.77. The number of nitrogens with one attached hydrogen (secondary N) is 1. The van der Waals surface area contributed by atoms with E-state index >= 15 is 0 Å². The maximum absolute atomic E-state index is 13.8. The van der Waals surface area contributed by atoms with Gasteiger partial charge >= 0.3 is 12.1 Å². The molecule has 0 spiro atoms. The summed E-state index contributed by atoms with van der Waals surface area (Å²) in [7, 11) is 0. The summed E-state index contributed by atoms with van der Waals surface area (Å²) >= 11 is 0. The lowest BCUT2D eigenvalue weighted by Crippen LogP contribution is -2.33. The van der Waals surface area contributed by atoms with Gasteiger partial charge in [-0.15, -0.1) is 0 Å². The molecule has 4 rings (SSSR count). The number of carboxylic acids is 1. The molecule has 7 nitrogen and oxygen atoms in total. The highest BCUT2D eigenvalue weighted by Crippen LogP contribution is 2.24. The first-order valence-corrected chi connectivity index (χ1v) is 12.2. The van der Waals surface area contributed by atoms with E-state index < -0.39 is 23.8 Å². The van der Waals surface area contributed by atoms with Crippen LogP contribution < -0.4 is 10.1 Å². The van der Waals surface area contributed by atoms with Gasteiger partial charge in [-0.2, -0.15) is 13.2 Å². The molecule has 0 bridgehead atoms. The molecule has 1 fully saturated rings. The summed E-state index contributed by atoms with van der Waals surface area (Å²) in [5.41, 5.74) is 1.80. The molecule has 2 aromatic carbocycles. The first-order chi connectivity index (χ1) is 18.1. The van der Waals surface area contributed by atoms with Crippen molar-refractivity contribution in [1.29, 1.82) is 0 Å². The number of rotatable bonds is 8. The first kappa shape index (κ1) is 28.9. The third-order valence-electron chi connectivity index (χ3n) is 6.07. The fraction of sp³-hybridized carbons (Fsp3) is 0.423. The van der Waals surface area contributed by atoms with Crippen molar-refractivity contribution < 1.29 is 41.4 Å². The predicted molar refractivity (Wildman–Crippen MR) is 129 cm³/mol. The van der Waals surface area contributed by atoms with E-state index in [1.807, 2.05) is 28.8 Å². The fourth-order valence-corrected chi connectivity index (χ4v) is 4.21. The van der Waals surface area contributed by atoms with E-state index in [1.54, 1.807) is 0 Å². The molecule has 1 aromatic heterocycles. The van der Waals surface area contributed by atoms with Crippen molar-refractivity contribution in [3.63, 3.8) is 0 Å². The third kappa shape index (κ3) is 8.15. The molecule has 0 unspecified atom stereocenters. The summed E-state index contributed by atoms with van der Waals surface area (Å²) < 4.78 is 66.4. The number of fused-ring (bicyclic) bond motifs is 1. The Morgan fingerprint density at radius 3 is 2.45 bits per heavy atom. The predicted octanol–water partition coefficient (Wildman–Crippen LogP) is 5.27. The summed E-state index contributed by atoms with van der Waals surface area (Å²) in [6.07, 6.45) is 0.910. The standard InChI is InChI=1S/C24H27F2N3O2.C2HF3O2/c25-18-10-11-19(26)22(16-18)31-15-14-29-21-9-5-4-8-20(21)28-23(29)12-13-27-24(30)17-6-2-1-3-7-17;3-2(4,5)1(6)7/h4-5,8-11,16-17H,1-3,6-7,12-15H2,(H,27,30);(H,6,7). The second kappa shape index (κ2) is 13.2. The van der Waals surface area contributed by atoms with Crippen molar-refractivity contribution in [3.05, 3.63) is 59.9 Å². The Morgan fingerprint density at radius 2 is 1.76 bits per heavy atom. The number of aromatic nitrogens is 2. The van der Waals surface area contributed by atoms with Gasteiger partial charge in [-0.3, -0.25) is 4.79 Å². The molecule has 206 valence electrons. The lowest BCUT2D eigenvalue weighted by molar-refractivity contribution is -0.192. The number of amides is 1. The van der Waals surface area contributed by atoms with Gasteiger partial charge in [0.2, 0.25) is 5.91 Å². The van der Waals surface area contributed by atoms with Crippen molar-refractivity contribution in [2.75, 3.05) is 13.2 Å². The highest BCUT2D eigenvalue weighted by Gasteiger charge is 2.38. The van der Waals surface area contributed by atoms with E-state index in [0.717, 1.165) is 60.7 Å². The first-order valence-electron chi connectivity index (χ1n) is 12.2. The summed E-state index contributed by atoms with van der Waals surface area (Å²) in [6, 6.07) is 10.9. The number of ether oxygens (including phenoxy) is 1. The van der Waals surface area contributed by atoms with Gasteiger partial charge in [-0.25, -0.2) is 18.6 Å². The van der Waals surface area contributed by atoms with Crippen LogP contribution in [-0.4, -0.2) is 45.9 Å². The van der Waals surface area contributed by atoms with E-state index in [-0.39, 0.29) is 24.2 Å². The number of imidazole rings is 1. The van der Waals surface area contributed by atoms with Crippen LogP contribution in [0.15, 0.2) is 42.5 Å². The Hall–Kier alpha value is -3.70. The van der Waals surface area contributed by atoms with E-state index in [1.165, 1.54) is 6.42 Å². The number of para-hydroxylation sites is 2. The van der Waals surface area contributed by atoms with Crippen LogP contribution in [0.2, 0.25) is 0 Å². The van der Waals surface area contributed by atoms with Crippen LogP contribution in [0.25, 0.3) is 11.0 Å².